The SMILES string of the molecule is N#Cc1ccc(OC2CCC(N3Cc4nc(N5CCC(CN6CCN(c7cc8c(cc7F)C(=O)N(C7CCC(=O)NC7=O)C8)CC6)CC5)ccc4C3=O)CC2)cc1Cl. The number of ether oxygens (including phenoxy) is 1. The van der Waals surface area contributed by atoms with Crippen molar-refractivity contribution in [1.82, 2.24) is 25.0 Å². The van der Waals surface area contributed by atoms with Crippen molar-refractivity contribution in [2.24, 2.45) is 5.92 Å². The van der Waals surface area contributed by atoms with Crippen molar-refractivity contribution in [3.63, 3.8) is 0 Å². The number of nitrogens with one attached hydrogen (secondary N) is 1. The van der Waals surface area contributed by atoms with Gasteiger partial charge < -0.3 is 24.3 Å². The number of piperazine rings is 1. The van der Waals surface area contributed by atoms with Gasteiger partial charge in [0.2, 0.25) is 11.8 Å². The van der Waals surface area contributed by atoms with Crippen LogP contribution in [-0.2, 0) is 22.7 Å². The van der Waals surface area contributed by atoms with E-state index in [1.807, 2.05) is 17.0 Å². The van der Waals surface area contributed by atoms with Crippen LogP contribution in [0, 0.1) is 23.1 Å². The van der Waals surface area contributed by atoms with Crippen LogP contribution in [0.15, 0.2) is 42.5 Å². The Labute approximate surface area is 341 Å². The second kappa shape index (κ2) is 15.8. The van der Waals surface area contributed by atoms with Crippen LogP contribution in [0.4, 0.5) is 15.9 Å². The summed E-state index contributed by atoms with van der Waals surface area (Å²) < 4.78 is 21.6. The summed E-state index contributed by atoms with van der Waals surface area (Å²) in [6.45, 7) is 6.52. The number of rotatable bonds is 8. The highest BCUT2D eigenvalue weighted by atomic mass is 35.5. The third-order valence-electron chi connectivity index (χ3n) is 13.0. The predicted molar refractivity (Wildman–Crippen MR) is 213 cm³/mol. The molecule has 0 spiro atoms. The predicted octanol–water partition coefficient (Wildman–Crippen LogP) is 4.89. The van der Waals surface area contributed by atoms with E-state index < -0.39 is 17.8 Å². The molecule has 13 nitrogen and oxygen atoms in total. The number of nitrogens with zero attached hydrogens (tertiary/aromatic N) is 7. The minimum absolute atomic E-state index is 0.0367. The Morgan fingerprint density at radius 3 is 2.31 bits per heavy atom. The average molecular weight is 809 g/mol. The fraction of sp³-hybridized carbons (Fsp3) is 0.488. The summed E-state index contributed by atoms with van der Waals surface area (Å²) in [6.07, 6.45) is 5.93. The maximum Gasteiger partial charge on any atom is 0.256 e. The zero-order chi connectivity index (χ0) is 40.1. The van der Waals surface area contributed by atoms with Crippen LogP contribution < -0.4 is 19.9 Å². The number of hydrogen-bond acceptors (Lipinski definition) is 10. The van der Waals surface area contributed by atoms with Crippen LogP contribution in [0.2, 0.25) is 5.02 Å². The van der Waals surface area contributed by atoms with Gasteiger partial charge in [-0.1, -0.05) is 11.6 Å². The molecule has 3 saturated heterocycles. The zero-order valence-corrected chi connectivity index (χ0v) is 33.1. The van der Waals surface area contributed by atoms with Gasteiger partial charge in [-0.2, -0.15) is 5.26 Å². The first-order valence-corrected chi connectivity index (χ1v) is 20.9. The van der Waals surface area contributed by atoms with E-state index in [1.54, 1.807) is 24.3 Å². The summed E-state index contributed by atoms with van der Waals surface area (Å²) in [5.74, 6) is 0.570. The summed E-state index contributed by atoms with van der Waals surface area (Å²) >= 11 is 6.19. The molecule has 9 rings (SSSR count). The Kier molecular flexibility index (Phi) is 10.4. The molecule has 1 aromatic heterocycles. The summed E-state index contributed by atoms with van der Waals surface area (Å²) in [4.78, 5) is 66.0. The van der Waals surface area contributed by atoms with Gasteiger partial charge in [-0.25, -0.2) is 9.37 Å². The first kappa shape index (κ1) is 38.3. The standard InChI is InChI=1S/C43H46ClFN8O5/c44-34-20-31(4-1-27(34)22-46)58-30-5-2-29(3-6-30)52-25-36-32(42(52)56)7-9-39(47-36)51-13-11-26(12-14-51)23-49-15-17-50(18-16-49)38-19-28-24-53(43(57)33(28)21-35(38)45)37-8-10-40(54)48-41(37)55/h1,4,7,9,19-21,26,29-30,37H,2-3,5-6,8,10-18,23-25H2,(H,48,54,55). The molecular weight excluding hydrogens is 763 g/mol. The number of anilines is 2. The molecule has 302 valence electrons. The Morgan fingerprint density at radius 2 is 1.59 bits per heavy atom. The van der Waals surface area contributed by atoms with Crippen LogP contribution in [-0.4, -0.2) is 107 Å². The molecule has 0 bridgehead atoms. The number of fused-ring (bicyclic) bond motifs is 2. The lowest BCUT2D eigenvalue weighted by molar-refractivity contribution is -0.136. The van der Waals surface area contributed by atoms with Crippen molar-refractivity contribution in [2.45, 2.75) is 82.6 Å². The van der Waals surface area contributed by atoms with Gasteiger partial charge in [-0.05, 0) is 92.8 Å². The molecule has 6 aliphatic rings. The number of amides is 4. The van der Waals surface area contributed by atoms with Crippen molar-refractivity contribution in [3.8, 4) is 11.8 Å². The van der Waals surface area contributed by atoms with Crippen LogP contribution in [0.1, 0.15) is 88.9 Å². The van der Waals surface area contributed by atoms with Gasteiger partial charge in [0.15, 0.2) is 0 Å². The summed E-state index contributed by atoms with van der Waals surface area (Å²) in [7, 11) is 0. The maximum absolute atomic E-state index is 15.5. The van der Waals surface area contributed by atoms with Gasteiger partial charge in [-0.3, -0.25) is 29.4 Å². The summed E-state index contributed by atoms with van der Waals surface area (Å²) in [6, 6.07) is 13.6. The number of aromatic nitrogens is 1. The number of pyridine rings is 1. The highest BCUT2D eigenvalue weighted by Gasteiger charge is 2.41. The molecule has 0 radical (unpaired) electrons. The number of piperidine rings is 2. The topological polar surface area (TPSA) is 142 Å². The van der Waals surface area contributed by atoms with E-state index in [9.17, 15) is 19.2 Å². The lowest BCUT2D eigenvalue weighted by Crippen LogP contribution is -2.52. The average Bonchev–Trinajstić information content (AvgIpc) is 3.73. The first-order valence-electron chi connectivity index (χ1n) is 20.5. The van der Waals surface area contributed by atoms with Gasteiger partial charge in [0.05, 0.1) is 40.2 Å². The molecule has 4 amide bonds. The Bertz CT molecular complexity index is 2190. The van der Waals surface area contributed by atoms with E-state index in [-0.39, 0.29) is 54.8 Å². The molecule has 1 saturated carbocycles. The molecule has 6 heterocycles. The van der Waals surface area contributed by atoms with Crippen LogP contribution in [0.3, 0.4) is 0 Å². The van der Waals surface area contributed by atoms with Crippen molar-refractivity contribution in [3.05, 3.63) is 81.3 Å². The van der Waals surface area contributed by atoms with Crippen molar-refractivity contribution < 1.29 is 28.3 Å². The highest BCUT2D eigenvalue weighted by Crippen LogP contribution is 2.36. The van der Waals surface area contributed by atoms with E-state index in [4.69, 9.17) is 26.6 Å². The number of benzene rings is 2. The number of imide groups is 1. The zero-order valence-electron chi connectivity index (χ0n) is 32.3. The quantitative estimate of drug-likeness (QED) is 0.313. The minimum atomic E-state index is -0.728. The molecule has 4 fully saturated rings. The second-order valence-electron chi connectivity index (χ2n) is 16.5. The Balaban J connectivity index is 0.731. The number of hydrogen-bond donors (Lipinski definition) is 1. The molecule has 1 N–H and O–H groups in total. The third-order valence-corrected chi connectivity index (χ3v) is 13.3. The lowest BCUT2D eigenvalue weighted by atomic mass is 9.92. The number of halogens is 2. The van der Waals surface area contributed by atoms with Crippen molar-refractivity contribution in [1.29, 1.82) is 5.26 Å². The molecular formula is C43H46ClFN8O5. The summed E-state index contributed by atoms with van der Waals surface area (Å²) in [5.41, 5.74) is 3.46. The fourth-order valence-electron chi connectivity index (χ4n) is 9.69. The molecule has 3 aromatic rings. The van der Waals surface area contributed by atoms with Crippen LogP contribution in [0.5, 0.6) is 5.75 Å². The van der Waals surface area contributed by atoms with E-state index in [0.29, 0.717) is 58.7 Å². The highest BCUT2D eigenvalue weighted by molar-refractivity contribution is 6.31. The second-order valence-corrected chi connectivity index (χ2v) is 16.9. The molecule has 5 aliphatic heterocycles. The van der Waals surface area contributed by atoms with E-state index in [1.165, 1.54) is 11.0 Å². The monoisotopic (exact) mass is 808 g/mol. The third kappa shape index (κ3) is 7.46. The van der Waals surface area contributed by atoms with E-state index >= 15 is 4.39 Å². The van der Waals surface area contributed by atoms with Crippen molar-refractivity contribution in [2.75, 3.05) is 55.6 Å². The van der Waals surface area contributed by atoms with Crippen LogP contribution >= 0.6 is 11.6 Å². The number of carbonyl (C=O) groups is 4. The normalized spacial score (nSPS) is 24.2. The first-order chi connectivity index (χ1) is 28.1. The molecule has 58 heavy (non-hydrogen) atoms. The molecule has 1 unspecified atom stereocenters. The van der Waals surface area contributed by atoms with Gasteiger partial charge >= 0.3 is 0 Å². The van der Waals surface area contributed by atoms with Gasteiger partial charge in [0.1, 0.15) is 29.5 Å². The van der Waals surface area contributed by atoms with Crippen LogP contribution in [0.25, 0.3) is 0 Å². The number of nitriles is 1. The Morgan fingerprint density at radius 1 is 0.828 bits per heavy atom. The van der Waals surface area contributed by atoms with Gasteiger partial charge in [0, 0.05) is 76.5 Å². The maximum atomic E-state index is 15.5. The molecule has 1 aliphatic carbocycles. The Hall–Kier alpha value is -5.26. The number of carbonyl (C=O) groups excluding carboxylic acids is 4. The molecule has 15 heteroatoms. The van der Waals surface area contributed by atoms with Gasteiger partial charge in [0.25, 0.3) is 11.8 Å². The largest absolute Gasteiger partial charge is 0.490 e. The lowest BCUT2D eigenvalue weighted by Gasteiger charge is -2.40. The van der Waals surface area contributed by atoms with E-state index in [2.05, 4.69) is 26.1 Å². The molecule has 2 aromatic carbocycles. The minimum Gasteiger partial charge on any atom is -0.490 e. The smallest absolute Gasteiger partial charge is 0.256 e. The van der Waals surface area contributed by atoms with Gasteiger partial charge in [-0.15, -0.1) is 0 Å². The van der Waals surface area contributed by atoms with E-state index in [0.717, 1.165) is 82.8 Å². The summed E-state index contributed by atoms with van der Waals surface area (Å²) in [5, 5.41) is 11.8. The molecule has 1 atom stereocenters. The van der Waals surface area contributed by atoms with Crippen molar-refractivity contribution >= 4 is 46.7 Å². The fourth-order valence-corrected chi connectivity index (χ4v) is 9.90.